The molecule has 0 fully saturated rings. The van der Waals surface area contributed by atoms with E-state index in [0.29, 0.717) is 18.0 Å². The third-order valence-corrected chi connectivity index (χ3v) is 4.58. The monoisotopic (exact) mass is 379 g/mol. The molecule has 0 aliphatic heterocycles. The largest absolute Gasteiger partial charge is 0.494 e. The summed E-state index contributed by atoms with van der Waals surface area (Å²) in [7, 11) is 0. The molecule has 148 valence electrons. The van der Waals surface area contributed by atoms with E-state index in [1.807, 2.05) is 54.6 Å². The summed E-state index contributed by atoms with van der Waals surface area (Å²) in [4.78, 5) is 0. The Morgan fingerprint density at radius 3 is 2.64 bits per heavy atom. The number of hydrogen-bond acceptors (Lipinski definition) is 4. The van der Waals surface area contributed by atoms with Gasteiger partial charge in [0.25, 0.3) is 0 Å². The van der Waals surface area contributed by atoms with Gasteiger partial charge in [0, 0.05) is 5.56 Å². The quantitative estimate of drug-likeness (QED) is 0.336. The predicted molar refractivity (Wildman–Crippen MR) is 113 cm³/mol. The van der Waals surface area contributed by atoms with Gasteiger partial charge in [-0.15, -0.1) is 0 Å². The van der Waals surface area contributed by atoms with Crippen molar-refractivity contribution in [2.24, 2.45) is 0 Å². The van der Waals surface area contributed by atoms with Crippen LogP contribution in [0, 0.1) is 0 Å². The molecular weight excluding hydrogens is 350 g/mol. The molecule has 0 bridgehead atoms. The summed E-state index contributed by atoms with van der Waals surface area (Å²) in [5.74, 6) is 1.55. The lowest BCUT2D eigenvalue weighted by atomic mass is 10.1. The van der Waals surface area contributed by atoms with Crippen LogP contribution >= 0.6 is 0 Å². The number of ether oxygens (including phenoxy) is 2. The fourth-order valence-corrected chi connectivity index (χ4v) is 2.99. The Kier molecular flexibility index (Phi) is 7.36. The average Bonchev–Trinajstić information content (AvgIpc) is 3.19. The summed E-state index contributed by atoms with van der Waals surface area (Å²) >= 11 is 0. The van der Waals surface area contributed by atoms with Gasteiger partial charge in [-0.3, -0.25) is 5.10 Å². The van der Waals surface area contributed by atoms with Crippen LogP contribution in [0.3, 0.4) is 0 Å². The van der Waals surface area contributed by atoms with Gasteiger partial charge in [0.2, 0.25) is 0 Å². The highest BCUT2D eigenvalue weighted by atomic mass is 16.5. The Balaban J connectivity index is 1.53. The van der Waals surface area contributed by atoms with Crippen LogP contribution in [0.15, 0.2) is 54.6 Å². The number of nitrogens with two attached hydrogens (primary N) is 1. The molecule has 0 amide bonds. The van der Waals surface area contributed by atoms with Crippen LogP contribution in [0.25, 0.3) is 11.3 Å². The average molecular weight is 380 g/mol. The molecular formula is C23H29N3O2. The van der Waals surface area contributed by atoms with E-state index in [-0.39, 0.29) is 0 Å². The van der Waals surface area contributed by atoms with Gasteiger partial charge in [-0.25, -0.2) is 0 Å². The second kappa shape index (κ2) is 10.4. The molecule has 5 heteroatoms. The van der Waals surface area contributed by atoms with Crippen LogP contribution in [0.5, 0.6) is 11.5 Å². The van der Waals surface area contributed by atoms with E-state index >= 15 is 0 Å². The number of anilines is 1. The van der Waals surface area contributed by atoms with Gasteiger partial charge in [0.15, 0.2) is 0 Å². The molecule has 3 N–H and O–H groups in total. The summed E-state index contributed by atoms with van der Waals surface area (Å²) in [6.45, 7) is 3.37. The number of aromatic nitrogens is 2. The van der Waals surface area contributed by atoms with Gasteiger partial charge in [0.05, 0.1) is 23.7 Å². The number of nitrogens with one attached hydrogen (secondary N) is 1. The second-order valence-electron chi connectivity index (χ2n) is 6.90. The maximum Gasteiger partial charge on any atom is 0.142 e. The lowest BCUT2D eigenvalue weighted by Crippen LogP contribution is -1.98. The summed E-state index contributed by atoms with van der Waals surface area (Å²) in [5.41, 5.74) is 9.31. The van der Waals surface area contributed by atoms with Crippen molar-refractivity contribution in [3.05, 3.63) is 60.3 Å². The number of benzene rings is 2. The Morgan fingerprint density at radius 1 is 0.929 bits per heavy atom. The van der Waals surface area contributed by atoms with Crippen LogP contribution in [-0.2, 0) is 6.61 Å². The minimum Gasteiger partial charge on any atom is -0.494 e. The zero-order valence-electron chi connectivity index (χ0n) is 16.5. The van der Waals surface area contributed by atoms with Crippen molar-refractivity contribution in [2.75, 3.05) is 12.3 Å². The molecule has 0 saturated carbocycles. The highest BCUT2D eigenvalue weighted by molar-refractivity contribution is 5.61. The summed E-state index contributed by atoms with van der Waals surface area (Å²) in [6, 6.07) is 17.5. The highest BCUT2D eigenvalue weighted by Gasteiger charge is 2.07. The van der Waals surface area contributed by atoms with Gasteiger partial charge in [-0.2, -0.15) is 5.10 Å². The first kappa shape index (κ1) is 19.8. The molecule has 0 atom stereocenters. The zero-order valence-corrected chi connectivity index (χ0v) is 16.5. The molecule has 2 aromatic carbocycles. The van der Waals surface area contributed by atoms with Gasteiger partial charge < -0.3 is 15.2 Å². The number of unbranched alkanes of at least 4 members (excludes halogenated alkanes) is 4. The molecule has 0 unspecified atom stereocenters. The van der Waals surface area contributed by atoms with Gasteiger partial charge in [-0.05, 0) is 36.8 Å². The first-order valence-corrected chi connectivity index (χ1v) is 10.0. The molecule has 1 aromatic heterocycles. The van der Waals surface area contributed by atoms with Crippen molar-refractivity contribution in [2.45, 2.75) is 45.6 Å². The molecule has 5 nitrogen and oxygen atoms in total. The molecule has 3 rings (SSSR count). The Hall–Kier alpha value is -2.95. The molecule has 0 aliphatic carbocycles. The van der Waals surface area contributed by atoms with Crippen molar-refractivity contribution < 1.29 is 9.47 Å². The third kappa shape index (κ3) is 5.78. The fourth-order valence-electron chi connectivity index (χ4n) is 2.99. The van der Waals surface area contributed by atoms with Crippen molar-refractivity contribution in [1.82, 2.24) is 10.2 Å². The van der Waals surface area contributed by atoms with E-state index in [0.717, 1.165) is 35.7 Å². The Labute approximate surface area is 166 Å². The van der Waals surface area contributed by atoms with Crippen LogP contribution in [0.2, 0.25) is 0 Å². The fraction of sp³-hybridized carbons (Fsp3) is 0.348. The third-order valence-electron chi connectivity index (χ3n) is 4.58. The highest BCUT2D eigenvalue weighted by Crippen LogP contribution is 2.24. The normalized spacial score (nSPS) is 10.8. The topological polar surface area (TPSA) is 73.2 Å². The van der Waals surface area contributed by atoms with E-state index in [1.54, 1.807) is 0 Å². The minimum atomic E-state index is 0.384. The number of rotatable bonds is 11. The van der Waals surface area contributed by atoms with E-state index < -0.39 is 0 Å². The van der Waals surface area contributed by atoms with E-state index in [9.17, 15) is 0 Å². The van der Waals surface area contributed by atoms with Crippen molar-refractivity contribution in [1.29, 1.82) is 0 Å². The number of nitrogens with zero attached hydrogens (tertiary/aromatic N) is 1. The molecule has 0 spiro atoms. The summed E-state index contributed by atoms with van der Waals surface area (Å²) < 4.78 is 11.7. The Bertz CT molecular complexity index is 860. The number of nitrogen functional groups attached to an aromatic ring is 1. The van der Waals surface area contributed by atoms with Gasteiger partial charge in [-0.1, -0.05) is 56.9 Å². The van der Waals surface area contributed by atoms with Crippen LogP contribution in [-0.4, -0.2) is 16.8 Å². The van der Waals surface area contributed by atoms with Crippen LogP contribution in [0.4, 0.5) is 5.69 Å². The maximum absolute atomic E-state index is 5.91. The zero-order chi connectivity index (χ0) is 19.6. The molecule has 28 heavy (non-hydrogen) atoms. The van der Waals surface area contributed by atoms with Gasteiger partial charge >= 0.3 is 0 Å². The lowest BCUT2D eigenvalue weighted by molar-refractivity contribution is 0.303. The van der Waals surface area contributed by atoms with Crippen molar-refractivity contribution in [3.8, 4) is 22.8 Å². The molecule has 1 heterocycles. The Morgan fingerprint density at radius 2 is 1.79 bits per heavy atom. The summed E-state index contributed by atoms with van der Waals surface area (Å²) in [5, 5.41) is 7.43. The van der Waals surface area contributed by atoms with E-state index in [2.05, 4.69) is 17.1 Å². The summed E-state index contributed by atoms with van der Waals surface area (Å²) in [6.07, 6.45) is 6.17. The van der Waals surface area contributed by atoms with E-state index in [1.165, 1.54) is 25.7 Å². The molecule has 0 aliphatic rings. The first-order valence-electron chi connectivity index (χ1n) is 10.0. The first-order chi connectivity index (χ1) is 13.8. The van der Waals surface area contributed by atoms with Crippen molar-refractivity contribution >= 4 is 5.69 Å². The number of aromatic amines is 1. The molecule has 3 aromatic rings. The minimum absolute atomic E-state index is 0.384. The predicted octanol–water partition coefficient (Wildman–Crippen LogP) is 5.59. The maximum atomic E-state index is 5.91. The lowest BCUT2D eigenvalue weighted by Gasteiger charge is -2.07. The molecule has 0 radical (unpaired) electrons. The van der Waals surface area contributed by atoms with Gasteiger partial charge in [0.1, 0.15) is 18.1 Å². The van der Waals surface area contributed by atoms with E-state index in [4.69, 9.17) is 15.2 Å². The molecule has 0 saturated heterocycles. The van der Waals surface area contributed by atoms with Crippen LogP contribution in [0.1, 0.15) is 44.7 Å². The number of hydrogen-bond donors (Lipinski definition) is 2. The van der Waals surface area contributed by atoms with Crippen molar-refractivity contribution in [3.63, 3.8) is 0 Å². The number of para-hydroxylation sites is 2. The standard InChI is InChI=1S/C23H29N3O2/c1-2-3-4-5-8-14-27-20-11-9-10-18(15-20)22-16-19(25-26-22)17-28-23-13-7-6-12-21(23)24/h6-7,9-13,15-16H,2-5,8,14,17,24H2,1H3,(H,25,26). The SMILES string of the molecule is CCCCCCCOc1cccc(-c2cc(COc3ccccc3N)[nH]n2)c1. The smallest absolute Gasteiger partial charge is 0.142 e. The number of H-pyrrole nitrogens is 1. The second-order valence-corrected chi connectivity index (χ2v) is 6.90. The van der Waals surface area contributed by atoms with Crippen LogP contribution < -0.4 is 15.2 Å².